The van der Waals surface area contributed by atoms with Gasteiger partial charge in [-0.2, -0.15) is 0 Å². The van der Waals surface area contributed by atoms with Crippen LogP contribution in [0.1, 0.15) is 42.5 Å². The maximum Gasteiger partial charge on any atom is 0.254 e. The minimum absolute atomic E-state index is 0.128. The largest absolute Gasteiger partial charge is 0.348 e. The zero-order valence-corrected chi connectivity index (χ0v) is 13.8. The van der Waals surface area contributed by atoms with Gasteiger partial charge in [-0.15, -0.1) is 0 Å². The van der Waals surface area contributed by atoms with E-state index in [-0.39, 0.29) is 11.3 Å². The van der Waals surface area contributed by atoms with E-state index < -0.39 is 0 Å². The van der Waals surface area contributed by atoms with Gasteiger partial charge in [0.05, 0.1) is 5.56 Å². The van der Waals surface area contributed by atoms with Crippen molar-refractivity contribution in [1.82, 2.24) is 20.3 Å². The summed E-state index contributed by atoms with van der Waals surface area (Å²) in [6.45, 7) is 6.51. The number of nitrogens with zero attached hydrogens (tertiary/aromatic N) is 3. The normalized spacial score (nSPS) is 11.2. The van der Waals surface area contributed by atoms with Gasteiger partial charge in [0.1, 0.15) is 5.82 Å². The second kappa shape index (κ2) is 6.30. The number of carbonyl (C=O) groups is 1. The molecular weight excluding hydrogens is 332 g/mol. The fourth-order valence-electron chi connectivity index (χ4n) is 1.66. The Kier molecular flexibility index (Phi) is 4.67. The Morgan fingerprint density at radius 3 is 2.48 bits per heavy atom. The van der Waals surface area contributed by atoms with Crippen LogP contribution in [0.25, 0.3) is 0 Å². The molecule has 2 rings (SSSR count). The highest BCUT2D eigenvalue weighted by molar-refractivity contribution is 9.10. The number of aromatic nitrogens is 3. The van der Waals surface area contributed by atoms with Gasteiger partial charge >= 0.3 is 0 Å². The van der Waals surface area contributed by atoms with Crippen molar-refractivity contribution in [2.24, 2.45) is 0 Å². The van der Waals surface area contributed by atoms with Crippen molar-refractivity contribution >= 4 is 21.8 Å². The summed E-state index contributed by atoms with van der Waals surface area (Å²) in [5.41, 5.74) is 1.29. The van der Waals surface area contributed by atoms with Crippen molar-refractivity contribution in [3.05, 3.63) is 52.3 Å². The van der Waals surface area contributed by atoms with Gasteiger partial charge in [0.25, 0.3) is 5.91 Å². The molecule has 0 unspecified atom stereocenters. The number of hydrogen-bond donors (Lipinski definition) is 1. The molecule has 21 heavy (non-hydrogen) atoms. The van der Waals surface area contributed by atoms with Crippen LogP contribution in [0.15, 0.2) is 35.3 Å². The van der Waals surface area contributed by atoms with Crippen LogP contribution >= 0.6 is 15.9 Å². The van der Waals surface area contributed by atoms with Crippen molar-refractivity contribution in [3.63, 3.8) is 0 Å². The van der Waals surface area contributed by atoms with Crippen LogP contribution < -0.4 is 5.32 Å². The molecule has 0 spiro atoms. The summed E-state index contributed by atoms with van der Waals surface area (Å²) in [5.74, 6) is 0.523. The number of halogens is 1. The Bertz CT molecular complexity index is 635. The first kappa shape index (κ1) is 15.6. The first-order valence-corrected chi connectivity index (χ1v) is 7.36. The van der Waals surface area contributed by atoms with Gasteiger partial charge in [0, 0.05) is 41.2 Å². The monoisotopic (exact) mass is 348 g/mol. The van der Waals surface area contributed by atoms with Crippen LogP contribution in [0.5, 0.6) is 0 Å². The number of nitrogens with one attached hydrogen (secondary N) is 1. The van der Waals surface area contributed by atoms with E-state index in [2.05, 4.69) is 36.2 Å². The van der Waals surface area contributed by atoms with Crippen LogP contribution in [-0.2, 0) is 12.0 Å². The van der Waals surface area contributed by atoms with Gasteiger partial charge in [-0.05, 0) is 27.6 Å². The molecule has 0 radical (unpaired) electrons. The molecule has 0 aliphatic rings. The van der Waals surface area contributed by atoms with Crippen molar-refractivity contribution < 1.29 is 4.79 Å². The Morgan fingerprint density at radius 1 is 1.24 bits per heavy atom. The molecule has 0 saturated carbocycles. The predicted molar refractivity (Wildman–Crippen MR) is 83.8 cm³/mol. The Hall–Kier alpha value is -1.82. The summed E-state index contributed by atoms with van der Waals surface area (Å²) >= 11 is 3.40. The second-order valence-corrected chi connectivity index (χ2v) is 6.55. The Labute approximate surface area is 132 Å². The van der Waals surface area contributed by atoms with Crippen LogP contribution in [0.2, 0.25) is 0 Å². The van der Waals surface area contributed by atoms with Gasteiger partial charge < -0.3 is 5.32 Å². The van der Waals surface area contributed by atoms with Crippen molar-refractivity contribution in [2.45, 2.75) is 32.7 Å². The van der Waals surface area contributed by atoms with Crippen LogP contribution in [0.4, 0.5) is 0 Å². The number of carbonyl (C=O) groups excluding carboxylic acids is 1. The third kappa shape index (κ3) is 4.07. The lowest BCUT2D eigenvalue weighted by Gasteiger charge is -2.16. The Morgan fingerprint density at radius 2 is 1.90 bits per heavy atom. The number of pyridine rings is 1. The number of hydrogen-bond acceptors (Lipinski definition) is 4. The SMILES string of the molecule is CC(C)(C)c1ncc(C(=O)NCc2ccncc2Br)cn1. The molecule has 0 saturated heterocycles. The van der Waals surface area contributed by atoms with E-state index in [1.165, 1.54) is 0 Å². The lowest BCUT2D eigenvalue weighted by molar-refractivity contribution is 0.0950. The summed E-state index contributed by atoms with van der Waals surface area (Å²) in [6, 6.07) is 1.85. The standard InChI is InChI=1S/C15H17BrN4O/c1-15(2,3)14-19-7-11(8-20-14)13(21)18-6-10-4-5-17-9-12(10)16/h4-5,7-9H,6H2,1-3H3,(H,18,21). The van der Waals surface area contributed by atoms with Crippen molar-refractivity contribution in [2.75, 3.05) is 0 Å². The highest BCUT2D eigenvalue weighted by atomic mass is 79.9. The summed E-state index contributed by atoms with van der Waals surface area (Å²) in [4.78, 5) is 24.6. The highest BCUT2D eigenvalue weighted by Gasteiger charge is 2.17. The average Bonchev–Trinajstić information content (AvgIpc) is 2.45. The van der Waals surface area contributed by atoms with E-state index in [0.717, 1.165) is 15.9 Å². The maximum atomic E-state index is 12.1. The summed E-state index contributed by atoms with van der Waals surface area (Å²) in [5, 5.41) is 2.84. The molecular formula is C15H17BrN4O. The van der Waals surface area contributed by atoms with Gasteiger partial charge in [-0.1, -0.05) is 20.8 Å². The first-order chi connectivity index (χ1) is 9.88. The summed E-state index contributed by atoms with van der Waals surface area (Å²) < 4.78 is 0.865. The molecule has 5 nitrogen and oxygen atoms in total. The van der Waals surface area contributed by atoms with E-state index in [0.29, 0.717) is 12.1 Å². The number of amides is 1. The third-order valence-electron chi connectivity index (χ3n) is 2.88. The second-order valence-electron chi connectivity index (χ2n) is 5.70. The molecule has 1 amide bonds. The van der Waals surface area contributed by atoms with Crippen molar-refractivity contribution in [1.29, 1.82) is 0 Å². The van der Waals surface area contributed by atoms with E-state index in [9.17, 15) is 4.79 Å². The molecule has 2 aromatic rings. The fourth-order valence-corrected chi connectivity index (χ4v) is 2.05. The van der Waals surface area contributed by atoms with E-state index in [1.807, 2.05) is 26.8 Å². The zero-order chi connectivity index (χ0) is 15.5. The molecule has 1 N–H and O–H groups in total. The quantitative estimate of drug-likeness (QED) is 0.925. The molecule has 0 aliphatic heterocycles. The third-order valence-corrected chi connectivity index (χ3v) is 3.59. The predicted octanol–water partition coefficient (Wildman–Crippen LogP) is 2.86. The van der Waals surface area contributed by atoms with Gasteiger partial charge in [0.15, 0.2) is 0 Å². The van der Waals surface area contributed by atoms with Gasteiger partial charge in [0.2, 0.25) is 0 Å². The van der Waals surface area contributed by atoms with E-state index in [4.69, 9.17) is 0 Å². The lowest BCUT2D eigenvalue weighted by Crippen LogP contribution is -2.24. The fraction of sp³-hybridized carbons (Fsp3) is 0.333. The summed E-state index contributed by atoms with van der Waals surface area (Å²) in [7, 11) is 0. The maximum absolute atomic E-state index is 12.1. The first-order valence-electron chi connectivity index (χ1n) is 6.57. The van der Waals surface area contributed by atoms with Crippen LogP contribution in [0.3, 0.4) is 0 Å². The minimum Gasteiger partial charge on any atom is -0.348 e. The Balaban J connectivity index is 2.03. The van der Waals surface area contributed by atoms with Crippen molar-refractivity contribution in [3.8, 4) is 0 Å². The molecule has 110 valence electrons. The molecule has 2 aromatic heterocycles. The molecule has 2 heterocycles. The highest BCUT2D eigenvalue weighted by Crippen LogP contribution is 2.17. The van der Waals surface area contributed by atoms with E-state index in [1.54, 1.807) is 24.8 Å². The van der Waals surface area contributed by atoms with Crippen LogP contribution in [-0.4, -0.2) is 20.9 Å². The lowest BCUT2D eigenvalue weighted by atomic mass is 9.96. The summed E-state index contributed by atoms with van der Waals surface area (Å²) in [6.07, 6.45) is 6.51. The molecule has 0 aliphatic carbocycles. The molecule has 0 fully saturated rings. The smallest absolute Gasteiger partial charge is 0.254 e. The van der Waals surface area contributed by atoms with Gasteiger partial charge in [-0.25, -0.2) is 9.97 Å². The molecule has 0 bridgehead atoms. The molecule has 0 atom stereocenters. The zero-order valence-electron chi connectivity index (χ0n) is 12.2. The average molecular weight is 349 g/mol. The molecule has 0 aromatic carbocycles. The minimum atomic E-state index is -0.195. The topological polar surface area (TPSA) is 67.8 Å². The number of rotatable bonds is 3. The van der Waals surface area contributed by atoms with Gasteiger partial charge in [-0.3, -0.25) is 9.78 Å². The molecule has 6 heteroatoms. The van der Waals surface area contributed by atoms with Crippen LogP contribution in [0, 0.1) is 0 Å². The van der Waals surface area contributed by atoms with E-state index >= 15 is 0 Å².